The molecule has 41 heavy (non-hydrogen) atoms. The van der Waals surface area contributed by atoms with E-state index in [2.05, 4.69) is 0 Å². The van der Waals surface area contributed by atoms with Crippen molar-refractivity contribution in [2.24, 2.45) is 17.3 Å². The van der Waals surface area contributed by atoms with Crippen LogP contribution in [0.2, 0.25) is 0 Å². The largest absolute Gasteiger partial charge is 0.459 e. The zero-order chi connectivity index (χ0) is 30.5. The second kappa shape index (κ2) is 10.8. The van der Waals surface area contributed by atoms with Crippen molar-refractivity contribution in [2.75, 3.05) is 13.2 Å². The Morgan fingerprint density at radius 3 is 2.05 bits per heavy atom. The zero-order valence-electron chi connectivity index (χ0n) is 23.8. The Bertz CT molecular complexity index is 1190. The highest BCUT2D eigenvalue weighted by Crippen LogP contribution is 2.62. The Balaban J connectivity index is 2.09. The van der Waals surface area contributed by atoms with Gasteiger partial charge in [-0.1, -0.05) is 13.0 Å². The van der Waals surface area contributed by atoms with Crippen LogP contribution in [0.25, 0.3) is 0 Å². The highest BCUT2D eigenvalue weighted by molar-refractivity contribution is 5.78. The molecule has 10 unspecified atom stereocenters. The van der Waals surface area contributed by atoms with E-state index in [4.69, 9.17) is 28.4 Å². The van der Waals surface area contributed by atoms with Gasteiger partial charge in [0.05, 0.1) is 24.5 Å². The third-order valence-corrected chi connectivity index (χ3v) is 8.60. The van der Waals surface area contributed by atoms with Crippen LogP contribution < -0.4 is 0 Å². The maximum Gasteiger partial charge on any atom is 0.312 e. The first-order valence-electron chi connectivity index (χ1n) is 13.4. The number of aliphatic hydroxyl groups excluding tert-OH is 1. The maximum absolute atomic E-state index is 12.9. The van der Waals surface area contributed by atoms with E-state index >= 15 is 0 Å². The molecule has 0 amide bonds. The van der Waals surface area contributed by atoms with Crippen molar-refractivity contribution in [3.63, 3.8) is 0 Å². The standard InChI is InChI=1S/C28H36O13/c1-13-25(34)41-21-9-18(11-29)7-8-20(38-15(3)31)26(6)22(24(28(13,21)35)40-17(5)33)27(12-36-27)10-19(37-14(2)30)23(26)39-16(4)32/h7-9,13,19-24,29,35H,10-12H2,1-6H3. The second-order valence-electron chi connectivity index (χ2n) is 11.4. The van der Waals surface area contributed by atoms with E-state index in [0.29, 0.717) is 0 Å². The summed E-state index contributed by atoms with van der Waals surface area (Å²) in [5.41, 5.74) is -4.88. The minimum absolute atomic E-state index is 0.0271. The van der Waals surface area contributed by atoms with Gasteiger partial charge in [0, 0.05) is 40.0 Å². The molecule has 13 nitrogen and oxygen atoms in total. The first-order chi connectivity index (χ1) is 19.1. The molecule has 13 heteroatoms. The molecule has 0 aromatic rings. The second-order valence-corrected chi connectivity index (χ2v) is 11.4. The van der Waals surface area contributed by atoms with Gasteiger partial charge in [0.1, 0.15) is 30.0 Å². The summed E-state index contributed by atoms with van der Waals surface area (Å²) in [5.74, 6) is -6.07. The lowest BCUT2D eigenvalue weighted by Crippen LogP contribution is -2.71. The summed E-state index contributed by atoms with van der Waals surface area (Å²) >= 11 is 0. The molecule has 2 heterocycles. The Hall–Kier alpha value is -3.29. The summed E-state index contributed by atoms with van der Waals surface area (Å²) in [6, 6.07) is 0. The van der Waals surface area contributed by atoms with E-state index in [9.17, 15) is 34.2 Å². The Kier molecular flexibility index (Phi) is 8.11. The molecular weight excluding hydrogens is 544 g/mol. The van der Waals surface area contributed by atoms with Crippen LogP contribution in [0, 0.1) is 17.3 Å². The van der Waals surface area contributed by atoms with Gasteiger partial charge in [-0.05, 0) is 24.6 Å². The highest BCUT2D eigenvalue weighted by Gasteiger charge is 2.76. The summed E-state index contributed by atoms with van der Waals surface area (Å²) in [6.45, 7) is 7.15. The summed E-state index contributed by atoms with van der Waals surface area (Å²) in [4.78, 5) is 62.7. The van der Waals surface area contributed by atoms with Crippen molar-refractivity contribution < 1.29 is 62.6 Å². The Labute approximate surface area is 236 Å². The molecule has 2 saturated heterocycles. The number of hydrogen-bond acceptors (Lipinski definition) is 13. The molecule has 4 rings (SSSR count). The number of hydrogen-bond donors (Lipinski definition) is 2. The molecule has 0 aromatic carbocycles. The highest BCUT2D eigenvalue weighted by atomic mass is 16.6. The fourth-order valence-corrected chi connectivity index (χ4v) is 6.81. The van der Waals surface area contributed by atoms with Gasteiger partial charge in [-0.25, -0.2) is 0 Å². The fourth-order valence-electron chi connectivity index (χ4n) is 6.81. The molecule has 0 radical (unpaired) electrons. The number of esters is 5. The van der Waals surface area contributed by atoms with E-state index in [-0.39, 0.29) is 18.6 Å². The number of carbonyl (C=O) groups excluding carboxylic acids is 5. The number of epoxide rings is 1. The van der Waals surface area contributed by atoms with Crippen LogP contribution in [0.4, 0.5) is 0 Å². The molecule has 0 aromatic heterocycles. The molecule has 3 fully saturated rings. The molecule has 10 atom stereocenters. The van der Waals surface area contributed by atoms with Crippen molar-refractivity contribution in [1.82, 2.24) is 0 Å². The smallest absolute Gasteiger partial charge is 0.312 e. The number of carbonyl (C=O) groups is 5. The molecule has 0 bridgehead atoms. The van der Waals surface area contributed by atoms with Crippen molar-refractivity contribution in [1.29, 1.82) is 0 Å². The fraction of sp³-hybridized carbons (Fsp3) is 0.679. The first kappa shape index (κ1) is 30.7. The number of aliphatic hydroxyl groups is 2. The number of fused-ring (bicyclic) bond motifs is 3. The SMILES string of the molecule is CC(=O)OC1CC2(CO2)C2C(OC(C)=O)C3(O)C(C=C(CO)C=CC(OC(C)=O)C2(C)C1OC(C)=O)OC(=O)C3C. The first-order valence-corrected chi connectivity index (χ1v) is 13.4. The van der Waals surface area contributed by atoms with Crippen molar-refractivity contribution in [3.8, 4) is 0 Å². The lowest BCUT2D eigenvalue weighted by atomic mass is 9.52. The lowest BCUT2D eigenvalue weighted by Gasteiger charge is -2.57. The van der Waals surface area contributed by atoms with Crippen LogP contribution in [0.5, 0.6) is 0 Å². The third kappa shape index (κ3) is 5.26. The van der Waals surface area contributed by atoms with Crippen molar-refractivity contribution >= 4 is 29.8 Å². The van der Waals surface area contributed by atoms with Gasteiger partial charge in [0.2, 0.25) is 0 Å². The van der Waals surface area contributed by atoms with Crippen LogP contribution in [0.3, 0.4) is 0 Å². The normalized spacial score (nSPS) is 41.2. The molecule has 4 aliphatic rings. The molecule has 2 N–H and O–H groups in total. The Morgan fingerprint density at radius 2 is 1.54 bits per heavy atom. The van der Waals surface area contributed by atoms with Gasteiger partial charge in [-0.15, -0.1) is 0 Å². The molecule has 1 spiro atoms. The van der Waals surface area contributed by atoms with Crippen molar-refractivity contribution in [3.05, 3.63) is 23.8 Å². The molecule has 2 aliphatic heterocycles. The summed E-state index contributed by atoms with van der Waals surface area (Å²) in [6.07, 6.45) is -2.40. The predicted molar refractivity (Wildman–Crippen MR) is 135 cm³/mol. The average molecular weight is 581 g/mol. The summed E-state index contributed by atoms with van der Waals surface area (Å²) < 4.78 is 34.6. The van der Waals surface area contributed by atoms with Crippen LogP contribution in [0.1, 0.15) is 48.0 Å². The van der Waals surface area contributed by atoms with Gasteiger partial charge in [-0.2, -0.15) is 0 Å². The molecule has 1 saturated carbocycles. The molecule has 226 valence electrons. The van der Waals surface area contributed by atoms with Crippen LogP contribution in [-0.2, 0) is 52.4 Å². The zero-order valence-corrected chi connectivity index (χ0v) is 23.8. The van der Waals surface area contributed by atoms with E-state index in [1.807, 2.05) is 0 Å². The molecular formula is C28H36O13. The predicted octanol–water partition coefficient (Wildman–Crippen LogP) is 0.290. The van der Waals surface area contributed by atoms with Gasteiger partial charge >= 0.3 is 29.8 Å². The minimum atomic E-state index is -2.21. The minimum Gasteiger partial charge on any atom is -0.459 e. The average Bonchev–Trinajstić information content (AvgIpc) is 3.58. The van der Waals surface area contributed by atoms with Crippen LogP contribution >= 0.6 is 0 Å². The topological polar surface area (TPSA) is 184 Å². The van der Waals surface area contributed by atoms with Crippen LogP contribution in [0.15, 0.2) is 23.8 Å². The van der Waals surface area contributed by atoms with Gasteiger partial charge in [0.25, 0.3) is 0 Å². The third-order valence-electron chi connectivity index (χ3n) is 8.60. The van der Waals surface area contributed by atoms with E-state index in [0.717, 1.165) is 13.8 Å². The quantitative estimate of drug-likeness (QED) is 0.257. The van der Waals surface area contributed by atoms with Gasteiger partial charge < -0.3 is 38.6 Å². The monoisotopic (exact) mass is 580 g/mol. The van der Waals surface area contributed by atoms with E-state index < -0.39 is 95.4 Å². The Morgan fingerprint density at radius 1 is 0.976 bits per heavy atom. The van der Waals surface area contributed by atoms with E-state index in [1.54, 1.807) is 6.92 Å². The number of rotatable bonds is 5. The lowest BCUT2D eigenvalue weighted by molar-refractivity contribution is -0.255. The van der Waals surface area contributed by atoms with Crippen molar-refractivity contribution in [2.45, 2.75) is 89.7 Å². The van der Waals surface area contributed by atoms with Gasteiger partial charge in [-0.3, -0.25) is 24.0 Å². The maximum atomic E-state index is 12.9. The number of ether oxygens (including phenoxy) is 6. The van der Waals surface area contributed by atoms with E-state index in [1.165, 1.54) is 39.0 Å². The molecule has 2 aliphatic carbocycles. The summed E-state index contributed by atoms with van der Waals surface area (Å²) in [5, 5.41) is 22.5. The summed E-state index contributed by atoms with van der Waals surface area (Å²) in [7, 11) is 0. The van der Waals surface area contributed by atoms with Gasteiger partial charge in [0.15, 0.2) is 11.7 Å². The van der Waals surface area contributed by atoms with Crippen LogP contribution in [-0.4, -0.2) is 95.0 Å².